The maximum atomic E-state index is 13.4. The Morgan fingerprint density at radius 2 is 2.00 bits per heavy atom. The normalized spacial score (nSPS) is 18.6. The largest absolute Gasteiger partial charge is 0.245 e. The molecule has 1 aromatic rings. The highest BCUT2D eigenvalue weighted by molar-refractivity contribution is 7.89. The van der Waals surface area contributed by atoms with Gasteiger partial charge in [-0.05, 0) is 31.4 Å². The Bertz CT molecular complexity index is 467. The third-order valence-corrected chi connectivity index (χ3v) is 4.50. The van der Waals surface area contributed by atoms with Crippen LogP contribution in [0.25, 0.3) is 0 Å². The number of piperidine rings is 1. The molecular weight excluding hydrogens is 229 g/mol. The van der Waals surface area contributed by atoms with Gasteiger partial charge in [0.2, 0.25) is 10.0 Å². The van der Waals surface area contributed by atoms with Crippen molar-refractivity contribution in [1.82, 2.24) is 4.31 Å². The number of rotatable bonds is 2. The van der Waals surface area contributed by atoms with Gasteiger partial charge in [-0.25, -0.2) is 12.8 Å². The van der Waals surface area contributed by atoms with Crippen LogP contribution in [0.15, 0.2) is 29.2 Å². The predicted molar refractivity (Wildman–Crippen MR) is 58.7 cm³/mol. The van der Waals surface area contributed by atoms with Crippen LogP contribution in [-0.2, 0) is 10.0 Å². The van der Waals surface area contributed by atoms with Crippen LogP contribution >= 0.6 is 0 Å². The van der Waals surface area contributed by atoms with Crippen molar-refractivity contribution in [2.45, 2.75) is 17.7 Å². The highest BCUT2D eigenvalue weighted by atomic mass is 32.2. The minimum atomic E-state index is -3.67. The Balaban J connectivity index is 2.35. The van der Waals surface area contributed by atoms with Gasteiger partial charge in [-0.1, -0.05) is 12.1 Å². The molecule has 0 bridgehead atoms. The molecule has 1 heterocycles. The van der Waals surface area contributed by atoms with Crippen molar-refractivity contribution < 1.29 is 12.8 Å². The summed E-state index contributed by atoms with van der Waals surface area (Å²) in [6.45, 7) is 0.837. The Morgan fingerprint density at radius 3 is 2.62 bits per heavy atom. The molecule has 1 aliphatic rings. The van der Waals surface area contributed by atoms with Gasteiger partial charge in [0, 0.05) is 13.1 Å². The summed E-state index contributed by atoms with van der Waals surface area (Å²) in [5, 5.41) is 0. The zero-order valence-electron chi connectivity index (χ0n) is 8.77. The fraction of sp³-hybridized carbons (Fsp3) is 0.364. The van der Waals surface area contributed by atoms with Gasteiger partial charge in [0.1, 0.15) is 10.7 Å². The maximum Gasteiger partial charge on any atom is 0.245 e. The van der Waals surface area contributed by atoms with Crippen LogP contribution in [0.2, 0.25) is 0 Å². The summed E-state index contributed by atoms with van der Waals surface area (Å²) in [4.78, 5) is -0.231. The van der Waals surface area contributed by atoms with Crippen LogP contribution in [0, 0.1) is 12.2 Å². The summed E-state index contributed by atoms with van der Waals surface area (Å²) in [6.07, 6.45) is 3.62. The first-order valence-corrected chi connectivity index (χ1v) is 6.63. The van der Waals surface area contributed by atoms with E-state index in [1.54, 1.807) is 0 Å². The van der Waals surface area contributed by atoms with Crippen molar-refractivity contribution in [2.24, 2.45) is 0 Å². The number of sulfonamides is 1. The van der Waals surface area contributed by atoms with E-state index >= 15 is 0 Å². The second-order valence-corrected chi connectivity index (χ2v) is 5.63. The van der Waals surface area contributed by atoms with Gasteiger partial charge in [0.05, 0.1) is 0 Å². The van der Waals surface area contributed by atoms with Crippen LogP contribution in [0.1, 0.15) is 12.8 Å². The molecule has 0 spiro atoms. The molecule has 1 fully saturated rings. The van der Waals surface area contributed by atoms with Gasteiger partial charge in [0.15, 0.2) is 0 Å². The van der Waals surface area contributed by atoms with Gasteiger partial charge in [-0.15, -0.1) is 0 Å². The van der Waals surface area contributed by atoms with Crippen molar-refractivity contribution in [2.75, 3.05) is 13.1 Å². The highest BCUT2D eigenvalue weighted by Gasteiger charge is 2.28. The van der Waals surface area contributed by atoms with E-state index in [9.17, 15) is 12.8 Å². The second kappa shape index (κ2) is 4.51. The monoisotopic (exact) mass is 242 g/mol. The Kier molecular flexibility index (Phi) is 3.25. The predicted octanol–water partition coefficient (Wildman–Crippen LogP) is 1.81. The van der Waals surface area contributed by atoms with Crippen LogP contribution < -0.4 is 0 Å². The molecule has 0 amide bonds. The standard InChI is InChI=1S/C11H13FNO2S/c12-10-6-2-3-7-11(10)16(14,15)13-8-4-1-5-9-13/h2-4,6-7H,1,5,8-9H2. The molecule has 1 aliphatic heterocycles. The molecule has 1 aromatic carbocycles. The molecule has 0 N–H and O–H groups in total. The average Bonchev–Trinajstić information content (AvgIpc) is 2.30. The number of halogens is 1. The third kappa shape index (κ3) is 2.10. The fourth-order valence-electron chi connectivity index (χ4n) is 1.75. The first-order valence-electron chi connectivity index (χ1n) is 5.19. The number of hydrogen-bond acceptors (Lipinski definition) is 2. The Labute approximate surface area is 94.9 Å². The molecule has 0 atom stereocenters. The summed E-state index contributed by atoms with van der Waals surface area (Å²) in [7, 11) is -3.67. The molecule has 0 aromatic heterocycles. The minimum absolute atomic E-state index is 0.231. The summed E-state index contributed by atoms with van der Waals surface area (Å²) in [5.74, 6) is -0.687. The van der Waals surface area contributed by atoms with Crippen molar-refractivity contribution in [3.05, 3.63) is 36.5 Å². The van der Waals surface area contributed by atoms with Crippen LogP contribution in [-0.4, -0.2) is 25.8 Å². The molecule has 0 unspecified atom stereocenters. The van der Waals surface area contributed by atoms with Gasteiger partial charge >= 0.3 is 0 Å². The third-order valence-electron chi connectivity index (χ3n) is 2.60. The maximum absolute atomic E-state index is 13.4. The zero-order valence-corrected chi connectivity index (χ0v) is 9.58. The van der Waals surface area contributed by atoms with Crippen molar-refractivity contribution in [1.29, 1.82) is 0 Å². The molecule has 0 saturated carbocycles. The highest BCUT2D eigenvalue weighted by Crippen LogP contribution is 2.21. The Hall–Kier alpha value is -0.940. The summed E-state index contributed by atoms with van der Waals surface area (Å²) < 4.78 is 38.9. The summed E-state index contributed by atoms with van der Waals surface area (Å²) >= 11 is 0. The van der Waals surface area contributed by atoms with E-state index in [4.69, 9.17) is 0 Å². The number of benzene rings is 1. The first-order chi connectivity index (χ1) is 7.62. The summed E-state index contributed by atoms with van der Waals surface area (Å²) in [5.41, 5.74) is 0. The quantitative estimate of drug-likeness (QED) is 0.793. The molecule has 2 rings (SSSR count). The Morgan fingerprint density at radius 1 is 1.25 bits per heavy atom. The van der Waals surface area contributed by atoms with E-state index in [-0.39, 0.29) is 4.90 Å². The van der Waals surface area contributed by atoms with Gasteiger partial charge in [0.25, 0.3) is 0 Å². The molecule has 1 saturated heterocycles. The summed E-state index contributed by atoms with van der Waals surface area (Å²) in [6, 6.07) is 5.49. The van der Waals surface area contributed by atoms with Crippen molar-refractivity contribution in [3.63, 3.8) is 0 Å². The van der Waals surface area contributed by atoms with Gasteiger partial charge in [-0.2, -0.15) is 4.31 Å². The SMILES string of the molecule is O=S(=O)(c1ccccc1F)N1C[CH]CCC1. The molecule has 87 valence electrons. The topological polar surface area (TPSA) is 37.4 Å². The lowest BCUT2D eigenvalue weighted by atomic mass is 10.2. The fourth-order valence-corrected chi connectivity index (χ4v) is 3.26. The average molecular weight is 242 g/mol. The van der Waals surface area contributed by atoms with E-state index in [0.717, 1.165) is 12.8 Å². The molecule has 5 heteroatoms. The lowest BCUT2D eigenvalue weighted by molar-refractivity contribution is 0.388. The molecular formula is C11H13FNO2S. The van der Waals surface area contributed by atoms with Crippen LogP contribution in [0.4, 0.5) is 4.39 Å². The molecule has 16 heavy (non-hydrogen) atoms. The molecule has 0 aliphatic carbocycles. The zero-order chi connectivity index (χ0) is 11.6. The smallest absolute Gasteiger partial charge is 0.207 e. The number of hydrogen-bond donors (Lipinski definition) is 0. The first kappa shape index (κ1) is 11.5. The number of nitrogens with zero attached hydrogens (tertiary/aromatic N) is 1. The van der Waals surface area contributed by atoms with E-state index in [0.29, 0.717) is 13.1 Å². The van der Waals surface area contributed by atoms with E-state index in [1.807, 2.05) is 6.42 Å². The second-order valence-electron chi connectivity index (χ2n) is 3.72. The van der Waals surface area contributed by atoms with Crippen LogP contribution in [0.3, 0.4) is 0 Å². The molecule has 3 nitrogen and oxygen atoms in total. The van der Waals surface area contributed by atoms with Crippen molar-refractivity contribution >= 4 is 10.0 Å². The lowest BCUT2D eigenvalue weighted by Crippen LogP contribution is -2.36. The van der Waals surface area contributed by atoms with Gasteiger partial charge in [-0.3, -0.25) is 0 Å². The van der Waals surface area contributed by atoms with Crippen LogP contribution in [0.5, 0.6) is 0 Å². The lowest BCUT2D eigenvalue weighted by Gasteiger charge is -2.25. The van der Waals surface area contributed by atoms with E-state index in [2.05, 4.69) is 0 Å². The molecule has 1 radical (unpaired) electrons. The van der Waals surface area contributed by atoms with Crippen molar-refractivity contribution in [3.8, 4) is 0 Å². The van der Waals surface area contributed by atoms with E-state index < -0.39 is 15.8 Å². The van der Waals surface area contributed by atoms with E-state index in [1.165, 1.54) is 28.6 Å². The minimum Gasteiger partial charge on any atom is -0.207 e. The van der Waals surface area contributed by atoms with Gasteiger partial charge < -0.3 is 0 Å².